The van der Waals surface area contributed by atoms with E-state index in [9.17, 15) is 0 Å². The fourth-order valence-electron chi connectivity index (χ4n) is 3.55. The van der Waals surface area contributed by atoms with Gasteiger partial charge in [0.1, 0.15) is 0 Å². The summed E-state index contributed by atoms with van der Waals surface area (Å²) in [7, 11) is 0. The number of hydrogen-bond acceptors (Lipinski definition) is 4. The third-order valence-corrected chi connectivity index (χ3v) is 5.98. The lowest BCUT2D eigenvalue weighted by Gasteiger charge is -2.36. The summed E-state index contributed by atoms with van der Waals surface area (Å²) in [6.45, 7) is 25.4. The molecule has 1 saturated heterocycles. The monoisotopic (exact) mass is 385 g/mol. The van der Waals surface area contributed by atoms with E-state index < -0.39 is 0 Å². The molecule has 4 nitrogen and oxygen atoms in total. The predicted octanol–water partition coefficient (Wildman–Crippen LogP) is 4.23. The largest absolute Gasteiger partial charge is 0.393 e. The predicted molar refractivity (Wildman–Crippen MR) is 120 cm³/mol. The molecule has 0 aromatic rings. The summed E-state index contributed by atoms with van der Waals surface area (Å²) >= 11 is 0. The summed E-state index contributed by atoms with van der Waals surface area (Å²) < 4.78 is 0. The minimum Gasteiger partial charge on any atom is -0.393 e. The highest BCUT2D eigenvalue weighted by molar-refractivity contribution is 4.79. The van der Waals surface area contributed by atoms with Crippen LogP contribution in [0.25, 0.3) is 0 Å². The van der Waals surface area contributed by atoms with Crippen LogP contribution in [0.15, 0.2) is 0 Å². The molecule has 0 aromatic carbocycles. The first-order chi connectivity index (χ1) is 12.8. The Labute approximate surface area is 171 Å². The van der Waals surface area contributed by atoms with Crippen LogP contribution in [0.1, 0.15) is 80.6 Å². The highest BCUT2D eigenvalue weighted by Gasteiger charge is 2.26. The molecule has 0 spiro atoms. The second-order valence-electron chi connectivity index (χ2n) is 8.92. The lowest BCUT2D eigenvalue weighted by Crippen LogP contribution is -2.36. The molecule has 1 aliphatic heterocycles. The Bertz CT molecular complexity index is 316. The van der Waals surface area contributed by atoms with E-state index in [0.717, 1.165) is 31.8 Å². The summed E-state index contributed by atoms with van der Waals surface area (Å²) in [4.78, 5) is 4.96. The van der Waals surface area contributed by atoms with Crippen molar-refractivity contribution in [1.29, 1.82) is 0 Å². The molecule has 0 radical (unpaired) electrons. The number of hydrogen-bond donors (Lipinski definition) is 2. The minimum absolute atomic E-state index is 0.00801. The van der Waals surface area contributed by atoms with E-state index in [-0.39, 0.29) is 6.10 Å². The Hall–Kier alpha value is -0.160. The Morgan fingerprint density at radius 3 is 1.89 bits per heavy atom. The number of aliphatic hydroxyl groups excluding tert-OH is 1. The highest BCUT2D eigenvalue weighted by atomic mass is 16.3. The van der Waals surface area contributed by atoms with Gasteiger partial charge in [0.25, 0.3) is 0 Å². The normalized spacial score (nSPS) is 24.3. The van der Waals surface area contributed by atoms with Crippen molar-refractivity contribution in [3.8, 4) is 0 Å². The van der Waals surface area contributed by atoms with Gasteiger partial charge in [0.15, 0.2) is 0 Å². The van der Waals surface area contributed by atoms with Gasteiger partial charge in [-0.15, -0.1) is 0 Å². The highest BCUT2D eigenvalue weighted by Crippen LogP contribution is 2.29. The van der Waals surface area contributed by atoms with Crippen molar-refractivity contribution >= 4 is 0 Å². The van der Waals surface area contributed by atoms with E-state index in [1.807, 2.05) is 0 Å². The molecular formula is C23H51N3O. The van der Waals surface area contributed by atoms with Crippen LogP contribution in [0.4, 0.5) is 0 Å². The topological polar surface area (TPSA) is 38.7 Å². The molecule has 2 fully saturated rings. The zero-order chi connectivity index (χ0) is 20.7. The first-order valence-electron chi connectivity index (χ1n) is 11.6. The van der Waals surface area contributed by atoms with E-state index >= 15 is 0 Å². The van der Waals surface area contributed by atoms with Gasteiger partial charge >= 0.3 is 0 Å². The average Bonchev–Trinajstić information content (AvgIpc) is 2.63. The molecule has 2 aliphatic rings. The van der Waals surface area contributed by atoms with Crippen LogP contribution in [0.3, 0.4) is 0 Å². The van der Waals surface area contributed by atoms with Crippen molar-refractivity contribution in [3.63, 3.8) is 0 Å². The molecule has 0 aromatic heterocycles. The first-order valence-corrected chi connectivity index (χ1v) is 11.6. The molecule has 2 N–H and O–H groups in total. The lowest BCUT2D eigenvalue weighted by molar-refractivity contribution is 0.0433. The zero-order valence-electron chi connectivity index (χ0n) is 19.7. The van der Waals surface area contributed by atoms with Gasteiger partial charge in [-0.2, -0.15) is 0 Å². The van der Waals surface area contributed by atoms with Crippen LogP contribution < -0.4 is 5.32 Å². The summed E-state index contributed by atoms with van der Waals surface area (Å²) in [5, 5.41) is 12.1. The molecule has 27 heavy (non-hydrogen) atoms. The van der Waals surface area contributed by atoms with Crippen molar-refractivity contribution in [3.05, 3.63) is 0 Å². The number of rotatable bonds is 8. The molecule has 1 heterocycles. The summed E-state index contributed by atoms with van der Waals surface area (Å²) in [6.07, 6.45) is 6.05. The summed E-state index contributed by atoms with van der Waals surface area (Å²) in [5.41, 5.74) is 0.617. The fourth-order valence-corrected chi connectivity index (χ4v) is 3.55. The van der Waals surface area contributed by atoms with E-state index in [4.69, 9.17) is 5.11 Å². The Morgan fingerprint density at radius 1 is 1.00 bits per heavy atom. The van der Waals surface area contributed by atoms with Crippen LogP contribution in [-0.4, -0.2) is 73.4 Å². The van der Waals surface area contributed by atoms with Gasteiger partial charge < -0.3 is 20.2 Å². The zero-order valence-corrected chi connectivity index (χ0v) is 19.7. The molecule has 1 aliphatic carbocycles. The minimum atomic E-state index is 0.00801. The van der Waals surface area contributed by atoms with E-state index in [1.54, 1.807) is 0 Å². The SMILES string of the molecule is CCCN(CC)CC.CCN1CCC(C)(C)CC1.CCNCC1CC(O)C1. The Morgan fingerprint density at radius 2 is 1.56 bits per heavy atom. The van der Waals surface area contributed by atoms with Gasteiger partial charge in [0.2, 0.25) is 0 Å². The maximum absolute atomic E-state index is 8.89. The summed E-state index contributed by atoms with van der Waals surface area (Å²) in [5.74, 6) is 0.750. The molecule has 1 saturated carbocycles. The molecule has 0 bridgehead atoms. The van der Waals surface area contributed by atoms with Crippen molar-refractivity contribution in [2.24, 2.45) is 11.3 Å². The second-order valence-corrected chi connectivity index (χ2v) is 8.92. The van der Waals surface area contributed by atoms with Gasteiger partial charge in [-0.05, 0) is 95.8 Å². The molecule has 4 heteroatoms. The van der Waals surface area contributed by atoms with Gasteiger partial charge in [-0.3, -0.25) is 0 Å². The van der Waals surface area contributed by atoms with E-state index in [0.29, 0.717) is 5.41 Å². The van der Waals surface area contributed by atoms with Gasteiger partial charge in [0, 0.05) is 0 Å². The van der Waals surface area contributed by atoms with Crippen molar-refractivity contribution in [2.75, 3.05) is 52.4 Å². The Kier molecular flexibility index (Phi) is 15.6. The van der Waals surface area contributed by atoms with Crippen LogP contribution in [0, 0.1) is 11.3 Å². The molecule has 0 amide bonds. The van der Waals surface area contributed by atoms with E-state index in [2.05, 4.69) is 63.6 Å². The third-order valence-electron chi connectivity index (χ3n) is 5.98. The van der Waals surface area contributed by atoms with Crippen molar-refractivity contribution < 1.29 is 5.11 Å². The second kappa shape index (κ2) is 15.7. The number of piperidine rings is 1. The van der Waals surface area contributed by atoms with E-state index in [1.165, 1.54) is 58.5 Å². The smallest absolute Gasteiger partial charge is 0.0546 e. The number of nitrogens with one attached hydrogen (secondary N) is 1. The number of nitrogens with zero attached hydrogens (tertiary/aromatic N) is 2. The molecular weight excluding hydrogens is 334 g/mol. The molecule has 0 unspecified atom stereocenters. The molecule has 0 atom stereocenters. The molecule has 2 rings (SSSR count). The van der Waals surface area contributed by atoms with Crippen LogP contribution in [-0.2, 0) is 0 Å². The first kappa shape index (κ1) is 26.8. The van der Waals surface area contributed by atoms with Crippen molar-refractivity contribution in [2.45, 2.75) is 86.7 Å². The van der Waals surface area contributed by atoms with Gasteiger partial charge in [-0.1, -0.05) is 48.5 Å². The quantitative estimate of drug-likeness (QED) is 0.656. The fraction of sp³-hybridized carbons (Fsp3) is 1.00. The maximum Gasteiger partial charge on any atom is 0.0546 e. The standard InChI is InChI=1S/C9H19N.C7H15NO.C7H17N/c1-4-10-7-5-9(2,3)6-8-10;1-2-8-5-6-3-7(9)4-6;1-4-7-8(5-2)6-3/h4-8H2,1-3H3;6-9H,2-5H2,1H3;4-7H2,1-3H3. The number of likely N-dealkylation sites (tertiary alicyclic amines) is 1. The average molecular weight is 386 g/mol. The van der Waals surface area contributed by atoms with Crippen molar-refractivity contribution in [1.82, 2.24) is 15.1 Å². The number of aliphatic hydroxyl groups is 1. The van der Waals surface area contributed by atoms with Crippen LogP contribution in [0.2, 0.25) is 0 Å². The Balaban J connectivity index is 0.000000379. The maximum atomic E-state index is 8.89. The molecule has 164 valence electrons. The van der Waals surface area contributed by atoms with Gasteiger partial charge in [0.05, 0.1) is 6.10 Å². The van der Waals surface area contributed by atoms with Crippen LogP contribution in [0.5, 0.6) is 0 Å². The van der Waals surface area contributed by atoms with Gasteiger partial charge in [-0.25, -0.2) is 0 Å². The van der Waals surface area contributed by atoms with Crippen LogP contribution >= 0.6 is 0 Å². The third kappa shape index (κ3) is 13.6. The summed E-state index contributed by atoms with van der Waals surface area (Å²) in [6, 6.07) is 0. The lowest BCUT2D eigenvalue weighted by atomic mass is 9.82.